The molecule has 5 nitrogen and oxygen atoms in total. The van der Waals surface area contributed by atoms with E-state index in [1.807, 2.05) is 13.8 Å². The van der Waals surface area contributed by atoms with Crippen molar-refractivity contribution in [2.45, 2.75) is 13.8 Å². The van der Waals surface area contributed by atoms with E-state index < -0.39 is 5.82 Å². The van der Waals surface area contributed by atoms with Crippen molar-refractivity contribution >= 4 is 11.8 Å². The van der Waals surface area contributed by atoms with Crippen molar-refractivity contribution in [3.63, 3.8) is 0 Å². The maximum absolute atomic E-state index is 13.4. The number of anilines is 2. The van der Waals surface area contributed by atoms with Crippen LogP contribution in [0, 0.1) is 11.7 Å². The Balaban J connectivity index is 2.59. The summed E-state index contributed by atoms with van der Waals surface area (Å²) in [7, 11) is 1.64. The predicted molar refractivity (Wildman–Crippen MR) is 65.7 cm³/mol. The van der Waals surface area contributed by atoms with Crippen molar-refractivity contribution in [1.29, 1.82) is 0 Å². The van der Waals surface area contributed by atoms with Crippen LogP contribution in [-0.2, 0) is 4.74 Å². The van der Waals surface area contributed by atoms with Gasteiger partial charge in [-0.2, -0.15) is 4.98 Å². The molecule has 1 aromatic rings. The maximum atomic E-state index is 13.4. The molecule has 0 aromatic carbocycles. The van der Waals surface area contributed by atoms with E-state index in [2.05, 4.69) is 20.6 Å². The summed E-state index contributed by atoms with van der Waals surface area (Å²) in [6, 6.07) is 0. The molecule has 1 heterocycles. The van der Waals surface area contributed by atoms with Crippen LogP contribution in [0.25, 0.3) is 0 Å². The van der Waals surface area contributed by atoms with Gasteiger partial charge in [-0.3, -0.25) is 0 Å². The van der Waals surface area contributed by atoms with Crippen molar-refractivity contribution in [2.75, 3.05) is 37.4 Å². The lowest BCUT2D eigenvalue weighted by Crippen LogP contribution is -2.17. The lowest BCUT2D eigenvalue weighted by Gasteiger charge is -2.13. The molecule has 1 atom stereocenters. The van der Waals surface area contributed by atoms with Crippen LogP contribution in [0.1, 0.15) is 13.8 Å². The topological polar surface area (TPSA) is 59.1 Å². The summed E-state index contributed by atoms with van der Waals surface area (Å²) in [6.07, 6.45) is 1.16. The third-order valence-corrected chi connectivity index (χ3v) is 2.15. The first-order chi connectivity index (χ1) is 8.17. The number of ether oxygens (including phenoxy) is 1. The first-order valence-electron chi connectivity index (χ1n) is 5.66. The van der Waals surface area contributed by atoms with Crippen molar-refractivity contribution in [2.24, 2.45) is 5.92 Å². The summed E-state index contributed by atoms with van der Waals surface area (Å²) in [5.41, 5.74) is 0. The third-order valence-electron chi connectivity index (χ3n) is 2.15. The smallest absolute Gasteiger partial charge is 0.224 e. The molecule has 2 N–H and O–H groups in total. The molecule has 96 valence electrons. The number of hydrogen-bond donors (Lipinski definition) is 2. The van der Waals surface area contributed by atoms with E-state index in [1.165, 1.54) is 0 Å². The van der Waals surface area contributed by atoms with E-state index in [1.54, 1.807) is 7.11 Å². The minimum absolute atomic E-state index is 0.221. The second-order valence-corrected chi connectivity index (χ2v) is 3.86. The van der Waals surface area contributed by atoms with E-state index in [0.717, 1.165) is 6.20 Å². The lowest BCUT2D eigenvalue weighted by molar-refractivity contribution is 0.164. The van der Waals surface area contributed by atoms with E-state index in [9.17, 15) is 4.39 Å². The zero-order chi connectivity index (χ0) is 12.7. The zero-order valence-corrected chi connectivity index (χ0v) is 10.5. The molecule has 1 aromatic heterocycles. The molecule has 0 aliphatic heterocycles. The number of halogens is 1. The molecule has 1 rings (SSSR count). The Morgan fingerprint density at radius 2 is 2.24 bits per heavy atom. The van der Waals surface area contributed by atoms with Gasteiger partial charge in [-0.1, -0.05) is 6.92 Å². The number of rotatable bonds is 7. The van der Waals surface area contributed by atoms with Gasteiger partial charge in [-0.05, 0) is 12.8 Å². The second-order valence-electron chi connectivity index (χ2n) is 3.86. The summed E-state index contributed by atoms with van der Waals surface area (Å²) in [5.74, 6) is 0.489. The van der Waals surface area contributed by atoms with Crippen LogP contribution in [0.2, 0.25) is 0 Å². The van der Waals surface area contributed by atoms with Gasteiger partial charge >= 0.3 is 0 Å². The minimum atomic E-state index is -0.448. The van der Waals surface area contributed by atoms with Crippen LogP contribution in [0.5, 0.6) is 0 Å². The molecule has 0 saturated heterocycles. The standard InChI is InChI=1S/C11H19FN4O/c1-4-13-11-15-6-9(12)10(16-11)14-5-8(2)7-17-3/h6,8H,4-5,7H2,1-3H3,(H2,13,14,15,16). The molecule has 6 heteroatoms. The van der Waals surface area contributed by atoms with Gasteiger partial charge in [0.05, 0.1) is 12.8 Å². The molecule has 17 heavy (non-hydrogen) atoms. The molecule has 0 amide bonds. The van der Waals surface area contributed by atoms with Gasteiger partial charge in [-0.25, -0.2) is 9.37 Å². The van der Waals surface area contributed by atoms with E-state index in [4.69, 9.17) is 4.74 Å². The Morgan fingerprint density at radius 3 is 2.88 bits per heavy atom. The zero-order valence-electron chi connectivity index (χ0n) is 10.5. The van der Waals surface area contributed by atoms with E-state index >= 15 is 0 Å². The first-order valence-corrected chi connectivity index (χ1v) is 5.66. The Bertz CT molecular complexity index is 348. The molecular weight excluding hydrogens is 223 g/mol. The molecule has 0 saturated carbocycles. The normalized spacial score (nSPS) is 12.2. The molecule has 0 aliphatic rings. The van der Waals surface area contributed by atoms with E-state index in [0.29, 0.717) is 25.6 Å². The SMILES string of the molecule is CCNc1ncc(F)c(NCC(C)COC)n1. The highest BCUT2D eigenvalue weighted by Crippen LogP contribution is 2.12. The van der Waals surface area contributed by atoms with Crippen LogP contribution in [0.4, 0.5) is 16.2 Å². The summed E-state index contributed by atoms with van der Waals surface area (Å²) < 4.78 is 18.4. The fourth-order valence-corrected chi connectivity index (χ4v) is 1.35. The molecular formula is C11H19FN4O. The summed E-state index contributed by atoms with van der Waals surface area (Å²) in [6.45, 7) is 5.87. The Hall–Kier alpha value is -1.43. The first kappa shape index (κ1) is 13.6. The predicted octanol–water partition coefficient (Wildman–Crippen LogP) is 1.74. The van der Waals surface area contributed by atoms with Gasteiger partial charge in [0.25, 0.3) is 0 Å². The molecule has 0 fully saturated rings. The number of nitrogens with one attached hydrogen (secondary N) is 2. The molecule has 0 bridgehead atoms. The minimum Gasteiger partial charge on any atom is -0.384 e. The average molecular weight is 242 g/mol. The van der Waals surface area contributed by atoms with Crippen molar-refractivity contribution in [3.05, 3.63) is 12.0 Å². The summed E-state index contributed by atoms with van der Waals surface area (Å²) in [4.78, 5) is 7.88. The van der Waals surface area contributed by atoms with Crippen LogP contribution < -0.4 is 10.6 Å². The van der Waals surface area contributed by atoms with Gasteiger partial charge in [0.2, 0.25) is 5.95 Å². The van der Waals surface area contributed by atoms with E-state index in [-0.39, 0.29) is 11.7 Å². The van der Waals surface area contributed by atoms with Crippen LogP contribution in [0.3, 0.4) is 0 Å². The van der Waals surface area contributed by atoms with Crippen LogP contribution in [-0.4, -0.2) is 36.8 Å². The molecule has 0 aliphatic carbocycles. The molecule has 1 unspecified atom stereocenters. The number of nitrogens with zero attached hydrogens (tertiary/aromatic N) is 2. The fourth-order valence-electron chi connectivity index (χ4n) is 1.35. The van der Waals surface area contributed by atoms with Crippen molar-refractivity contribution in [3.8, 4) is 0 Å². The lowest BCUT2D eigenvalue weighted by atomic mass is 10.2. The molecule has 0 radical (unpaired) electrons. The Labute approximate surface area is 101 Å². The third kappa shape index (κ3) is 4.52. The monoisotopic (exact) mass is 242 g/mol. The number of aromatic nitrogens is 2. The summed E-state index contributed by atoms with van der Waals surface area (Å²) >= 11 is 0. The molecule has 0 spiro atoms. The van der Waals surface area contributed by atoms with Gasteiger partial charge in [-0.15, -0.1) is 0 Å². The highest BCUT2D eigenvalue weighted by atomic mass is 19.1. The van der Waals surface area contributed by atoms with Crippen molar-refractivity contribution < 1.29 is 9.13 Å². The Kier molecular flexibility index (Phi) is 5.62. The largest absolute Gasteiger partial charge is 0.384 e. The average Bonchev–Trinajstić information content (AvgIpc) is 2.30. The highest BCUT2D eigenvalue weighted by Gasteiger charge is 2.08. The van der Waals surface area contributed by atoms with Gasteiger partial charge in [0.1, 0.15) is 0 Å². The van der Waals surface area contributed by atoms with Crippen LogP contribution in [0.15, 0.2) is 6.20 Å². The number of methoxy groups -OCH3 is 1. The van der Waals surface area contributed by atoms with Crippen molar-refractivity contribution in [1.82, 2.24) is 9.97 Å². The second kappa shape index (κ2) is 7.01. The quantitative estimate of drug-likeness (QED) is 0.762. The van der Waals surface area contributed by atoms with Gasteiger partial charge < -0.3 is 15.4 Å². The summed E-state index contributed by atoms with van der Waals surface area (Å²) in [5, 5.41) is 5.88. The van der Waals surface area contributed by atoms with Crippen LogP contribution >= 0.6 is 0 Å². The van der Waals surface area contributed by atoms with Gasteiger partial charge in [0.15, 0.2) is 11.6 Å². The van der Waals surface area contributed by atoms with Gasteiger partial charge in [0, 0.05) is 20.2 Å². The Morgan fingerprint density at radius 1 is 1.47 bits per heavy atom. The maximum Gasteiger partial charge on any atom is 0.224 e. The number of hydrogen-bond acceptors (Lipinski definition) is 5. The fraction of sp³-hybridized carbons (Fsp3) is 0.636. The highest BCUT2D eigenvalue weighted by molar-refractivity contribution is 5.40.